The Morgan fingerprint density at radius 3 is 2.74 bits per heavy atom. The molecule has 0 unspecified atom stereocenters. The second kappa shape index (κ2) is 7.47. The summed E-state index contributed by atoms with van der Waals surface area (Å²) in [6.07, 6.45) is 3.33. The number of benzene rings is 1. The van der Waals surface area contributed by atoms with Crippen molar-refractivity contribution in [1.29, 1.82) is 0 Å². The smallest absolute Gasteiger partial charge is 0.200 e. The summed E-state index contributed by atoms with van der Waals surface area (Å²) >= 11 is 6.24. The van der Waals surface area contributed by atoms with Crippen LogP contribution in [0.1, 0.15) is 5.56 Å². The summed E-state index contributed by atoms with van der Waals surface area (Å²) < 4.78 is 1.73. The Labute approximate surface area is 161 Å². The second-order valence-corrected chi connectivity index (χ2v) is 6.25. The molecule has 1 aromatic carbocycles. The summed E-state index contributed by atoms with van der Waals surface area (Å²) in [5.74, 6) is 1.31. The first-order valence-corrected chi connectivity index (χ1v) is 8.79. The van der Waals surface area contributed by atoms with Gasteiger partial charge in [0.15, 0.2) is 5.65 Å². The molecule has 0 saturated carbocycles. The summed E-state index contributed by atoms with van der Waals surface area (Å²) in [5, 5.41) is 11.8. The third-order valence-electron chi connectivity index (χ3n) is 4.02. The quantitative estimate of drug-likeness (QED) is 0.514. The van der Waals surface area contributed by atoms with Gasteiger partial charge in [-0.1, -0.05) is 42.4 Å². The van der Waals surface area contributed by atoms with Crippen molar-refractivity contribution in [3.05, 3.63) is 84.2 Å². The van der Waals surface area contributed by atoms with Crippen LogP contribution >= 0.6 is 11.6 Å². The zero-order chi connectivity index (χ0) is 18.6. The molecule has 134 valence electrons. The van der Waals surface area contributed by atoms with Gasteiger partial charge in [-0.3, -0.25) is 4.98 Å². The van der Waals surface area contributed by atoms with E-state index >= 15 is 0 Å². The van der Waals surface area contributed by atoms with E-state index in [4.69, 9.17) is 11.6 Å². The van der Waals surface area contributed by atoms with Crippen LogP contribution in [0.15, 0.2) is 73.6 Å². The maximum atomic E-state index is 6.24. The zero-order valence-corrected chi connectivity index (χ0v) is 15.2. The number of anilines is 2. The lowest BCUT2D eigenvalue weighted by Gasteiger charge is -2.11. The van der Waals surface area contributed by atoms with Gasteiger partial charge in [0.2, 0.25) is 5.82 Å². The van der Waals surface area contributed by atoms with Gasteiger partial charge < -0.3 is 10.6 Å². The zero-order valence-electron chi connectivity index (χ0n) is 14.4. The maximum Gasteiger partial charge on any atom is 0.200 e. The SMILES string of the molecule is C=CNc1cc(NCc2ccccc2Cl)cc2nc(-c3ccccn3)nn12. The van der Waals surface area contributed by atoms with E-state index in [9.17, 15) is 0 Å². The van der Waals surface area contributed by atoms with Gasteiger partial charge in [0, 0.05) is 35.6 Å². The van der Waals surface area contributed by atoms with Crippen LogP contribution in [-0.2, 0) is 6.54 Å². The van der Waals surface area contributed by atoms with Crippen LogP contribution in [0.25, 0.3) is 17.2 Å². The molecule has 0 saturated heterocycles. The fourth-order valence-electron chi connectivity index (χ4n) is 2.74. The third-order valence-corrected chi connectivity index (χ3v) is 4.39. The van der Waals surface area contributed by atoms with E-state index in [1.807, 2.05) is 54.6 Å². The number of hydrogen-bond donors (Lipinski definition) is 2. The lowest BCUT2D eigenvalue weighted by Crippen LogP contribution is -2.04. The number of rotatable bonds is 6. The summed E-state index contributed by atoms with van der Waals surface area (Å²) in [6, 6.07) is 17.3. The molecule has 0 aliphatic rings. The predicted molar refractivity (Wildman–Crippen MR) is 109 cm³/mol. The van der Waals surface area contributed by atoms with Crippen molar-refractivity contribution in [2.75, 3.05) is 10.6 Å². The summed E-state index contributed by atoms with van der Waals surface area (Å²) in [5.41, 5.74) is 3.33. The minimum absolute atomic E-state index is 0.561. The largest absolute Gasteiger partial charge is 0.381 e. The molecular formula is C20H17ClN6. The number of aromatic nitrogens is 4. The van der Waals surface area contributed by atoms with Crippen LogP contribution in [0, 0.1) is 0 Å². The van der Waals surface area contributed by atoms with Gasteiger partial charge >= 0.3 is 0 Å². The van der Waals surface area contributed by atoms with Crippen LogP contribution < -0.4 is 10.6 Å². The van der Waals surface area contributed by atoms with Gasteiger partial charge in [0.05, 0.1) is 0 Å². The number of halogens is 1. The highest BCUT2D eigenvalue weighted by Crippen LogP contribution is 2.23. The molecule has 7 heteroatoms. The van der Waals surface area contributed by atoms with Gasteiger partial charge in [0.25, 0.3) is 0 Å². The van der Waals surface area contributed by atoms with Crippen LogP contribution in [-0.4, -0.2) is 19.6 Å². The van der Waals surface area contributed by atoms with Crippen LogP contribution in [0.4, 0.5) is 11.5 Å². The monoisotopic (exact) mass is 376 g/mol. The van der Waals surface area contributed by atoms with Gasteiger partial charge in [-0.15, -0.1) is 5.10 Å². The minimum atomic E-state index is 0.561. The molecule has 0 radical (unpaired) electrons. The highest BCUT2D eigenvalue weighted by atomic mass is 35.5. The number of pyridine rings is 2. The van der Waals surface area contributed by atoms with Crippen molar-refractivity contribution >= 4 is 28.8 Å². The van der Waals surface area contributed by atoms with Crippen molar-refractivity contribution < 1.29 is 0 Å². The average molecular weight is 377 g/mol. The molecule has 3 heterocycles. The molecule has 0 bridgehead atoms. The molecule has 0 aliphatic carbocycles. The van der Waals surface area contributed by atoms with Gasteiger partial charge in [-0.2, -0.15) is 4.52 Å². The van der Waals surface area contributed by atoms with E-state index in [0.717, 1.165) is 27.8 Å². The second-order valence-electron chi connectivity index (χ2n) is 5.84. The lowest BCUT2D eigenvalue weighted by atomic mass is 10.2. The van der Waals surface area contributed by atoms with E-state index in [1.54, 1.807) is 16.9 Å². The van der Waals surface area contributed by atoms with Crippen LogP contribution in [0.2, 0.25) is 5.02 Å². The predicted octanol–water partition coefficient (Wildman–Crippen LogP) is 4.61. The molecule has 4 rings (SSSR count). The fraction of sp³-hybridized carbons (Fsp3) is 0.0500. The van der Waals surface area contributed by atoms with Crippen LogP contribution in [0.3, 0.4) is 0 Å². The molecule has 0 amide bonds. The first kappa shape index (κ1) is 17.1. The summed E-state index contributed by atoms with van der Waals surface area (Å²) in [7, 11) is 0. The Morgan fingerprint density at radius 1 is 1.11 bits per heavy atom. The lowest BCUT2D eigenvalue weighted by molar-refractivity contribution is 0.967. The number of hydrogen-bond acceptors (Lipinski definition) is 5. The van der Waals surface area contributed by atoms with Crippen molar-refractivity contribution in [1.82, 2.24) is 19.6 Å². The molecule has 27 heavy (non-hydrogen) atoms. The normalized spacial score (nSPS) is 10.7. The molecule has 0 spiro atoms. The number of fused-ring (bicyclic) bond motifs is 1. The van der Waals surface area contributed by atoms with E-state index in [-0.39, 0.29) is 0 Å². The van der Waals surface area contributed by atoms with Gasteiger partial charge in [-0.05, 0) is 30.0 Å². The molecule has 0 aliphatic heterocycles. The topological polar surface area (TPSA) is 67.1 Å². The van der Waals surface area contributed by atoms with Crippen molar-refractivity contribution in [2.24, 2.45) is 0 Å². The first-order chi connectivity index (χ1) is 13.2. The molecule has 0 fully saturated rings. The van der Waals surface area contributed by atoms with E-state index < -0.39 is 0 Å². The number of nitrogens with one attached hydrogen (secondary N) is 2. The molecule has 3 aromatic heterocycles. The Morgan fingerprint density at radius 2 is 1.96 bits per heavy atom. The summed E-state index contributed by atoms with van der Waals surface area (Å²) in [6.45, 7) is 4.34. The first-order valence-electron chi connectivity index (χ1n) is 8.41. The highest BCUT2D eigenvalue weighted by Gasteiger charge is 2.11. The van der Waals surface area contributed by atoms with Crippen molar-refractivity contribution in [3.8, 4) is 11.5 Å². The van der Waals surface area contributed by atoms with Crippen LogP contribution in [0.5, 0.6) is 0 Å². The highest BCUT2D eigenvalue weighted by molar-refractivity contribution is 6.31. The van der Waals surface area contributed by atoms with Gasteiger partial charge in [-0.25, -0.2) is 4.98 Å². The summed E-state index contributed by atoms with van der Waals surface area (Å²) in [4.78, 5) is 8.93. The van der Waals surface area contributed by atoms with Crippen molar-refractivity contribution in [2.45, 2.75) is 6.54 Å². The molecule has 0 atom stereocenters. The van der Waals surface area contributed by atoms with E-state index in [1.165, 1.54) is 0 Å². The number of nitrogens with zero attached hydrogens (tertiary/aromatic N) is 4. The minimum Gasteiger partial charge on any atom is -0.381 e. The Kier molecular flexibility index (Phi) is 4.72. The van der Waals surface area contributed by atoms with Gasteiger partial charge in [0.1, 0.15) is 11.5 Å². The Balaban J connectivity index is 1.69. The third kappa shape index (κ3) is 3.61. The fourth-order valence-corrected chi connectivity index (χ4v) is 2.94. The molecule has 6 nitrogen and oxygen atoms in total. The van der Waals surface area contributed by atoms with E-state index in [0.29, 0.717) is 18.0 Å². The Hall–Kier alpha value is -3.38. The molecule has 2 N–H and O–H groups in total. The maximum absolute atomic E-state index is 6.24. The van der Waals surface area contributed by atoms with E-state index in [2.05, 4.69) is 32.3 Å². The molecule has 4 aromatic rings. The standard InChI is InChI=1S/C20H17ClN6/c1-2-22-18-11-15(24-13-14-7-3-4-8-16(14)21)12-19-25-20(26-27(18)19)17-9-5-6-10-23-17/h2-12,22,24H,1,13H2. The Bertz CT molecular complexity index is 1090. The average Bonchev–Trinajstić information content (AvgIpc) is 3.13. The molecular weight excluding hydrogens is 360 g/mol. The van der Waals surface area contributed by atoms with Crippen molar-refractivity contribution in [3.63, 3.8) is 0 Å².